The van der Waals surface area contributed by atoms with E-state index in [0.717, 1.165) is 5.75 Å². The summed E-state index contributed by atoms with van der Waals surface area (Å²) in [6, 6.07) is 23.9. The highest BCUT2D eigenvalue weighted by Gasteiger charge is 2.13. The van der Waals surface area contributed by atoms with Gasteiger partial charge in [-0.05, 0) is 47.9 Å². The van der Waals surface area contributed by atoms with Crippen molar-refractivity contribution in [1.82, 2.24) is 5.32 Å². The summed E-state index contributed by atoms with van der Waals surface area (Å²) in [6.45, 7) is 4.42. The van der Waals surface area contributed by atoms with E-state index in [1.54, 1.807) is 7.11 Å². The molecule has 3 rings (SSSR count). The van der Waals surface area contributed by atoms with Crippen molar-refractivity contribution in [3.8, 4) is 5.75 Å². The lowest BCUT2D eigenvalue weighted by Crippen LogP contribution is -2.22. The van der Waals surface area contributed by atoms with Crippen LogP contribution in [0.4, 0.5) is 0 Å². The smallest absolute Gasteiger partial charge is 0.118 e. The number of benzene rings is 3. The first kappa shape index (κ1) is 18.3. The van der Waals surface area contributed by atoms with Crippen LogP contribution in [-0.2, 0) is 0 Å². The first-order valence-electron chi connectivity index (χ1n) is 8.06. The van der Waals surface area contributed by atoms with Gasteiger partial charge in [-0.2, -0.15) is 0 Å². The molecule has 3 aromatic rings. The molecule has 2 nitrogen and oxygen atoms in total. The van der Waals surface area contributed by atoms with Crippen LogP contribution in [0.3, 0.4) is 0 Å². The van der Waals surface area contributed by atoms with E-state index in [4.69, 9.17) is 4.74 Å². The highest BCUT2D eigenvalue weighted by atomic mass is 35.5. The zero-order valence-electron chi connectivity index (χ0n) is 14.3. The lowest BCUT2D eigenvalue weighted by atomic mass is 9.98. The molecule has 0 radical (unpaired) electrons. The van der Waals surface area contributed by atoms with E-state index in [2.05, 4.69) is 73.8 Å². The minimum Gasteiger partial charge on any atom is -0.497 e. The molecule has 0 aliphatic rings. The normalized spacial score (nSPS) is 13.1. The van der Waals surface area contributed by atoms with Crippen LogP contribution in [0.2, 0.25) is 0 Å². The number of ether oxygens (including phenoxy) is 1. The molecule has 3 aromatic carbocycles. The van der Waals surface area contributed by atoms with Crippen molar-refractivity contribution in [1.29, 1.82) is 0 Å². The summed E-state index contributed by atoms with van der Waals surface area (Å²) in [5, 5.41) is 6.31. The fraction of sp³-hybridized carbons (Fsp3) is 0.238. The predicted molar refractivity (Wildman–Crippen MR) is 104 cm³/mol. The van der Waals surface area contributed by atoms with Gasteiger partial charge in [0.05, 0.1) is 7.11 Å². The van der Waals surface area contributed by atoms with E-state index < -0.39 is 0 Å². The lowest BCUT2D eigenvalue weighted by Gasteiger charge is -2.22. The summed E-state index contributed by atoms with van der Waals surface area (Å²) in [6.07, 6.45) is 0. The Hall–Kier alpha value is -2.03. The van der Waals surface area contributed by atoms with Gasteiger partial charge in [0.15, 0.2) is 0 Å². The zero-order valence-corrected chi connectivity index (χ0v) is 15.1. The van der Waals surface area contributed by atoms with Gasteiger partial charge in [-0.1, -0.05) is 54.6 Å². The molecule has 0 aliphatic carbocycles. The van der Waals surface area contributed by atoms with E-state index >= 15 is 0 Å². The molecule has 0 unspecified atom stereocenters. The van der Waals surface area contributed by atoms with Crippen molar-refractivity contribution in [2.24, 2.45) is 0 Å². The fourth-order valence-electron chi connectivity index (χ4n) is 3.08. The molecule has 0 saturated carbocycles. The number of methoxy groups -OCH3 is 1. The summed E-state index contributed by atoms with van der Waals surface area (Å²) in [7, 11) is 1.69. The number of hydrogen-bond donors (Lipinski definition) is 1. The Labute approximate surface area is 150 Å². The Morgan fingerprint density at radius 1 is 0.792 bits per heavy atom. The van der Waals surface area contributed by atoms with Crippen LogP contribution >= 0.6 is 12.4 Å². The van der Waals surface area contributed by atoms with Crippen molar-refractivity contribution in [2.45, 2.75) is 25.9 Å². The number of halogens is 1. The standard InChI is InChI=1S/C21H23NO.ClH/c1-15(17-11-13-19(23-3)14-12-17)22-16(2)20-10-6-8-18-7-4-5-9-21(18)20;/h4-16,22H,1-3H3;1H/t15-,16-;/m1./s1. The second kappa shape index (κ2) is 8.18. The molecule has 0 bridgehead atoms. The molecule has 24 heavy (non-hydrogen) atoms. The Morgan fingerprint density at radius 3 is 2.17 bits per heavy atom. The third kappa shape index (κ3) is 3.89. The van der Waals surface area contributed by atoms with E-state index in [0.29, 0.717) is 0 Å². The van der Waals surface area contributed by atoms with Gasteiger partial charge in [-0.3, -0.25) is 0 Å². The minimum atomic E-state index is 0. The van der Waals surface area contributed by atoms with Crippen LogP contribution in [0.1, 0.15) is 37.1 Å². The molecule has 0 heterocycles. The van der Waals surface area contributed by atoms with Crippen LogP contribution in [-0.4, -0.2) is 7.11 Å². The number of rotatable bonds is 5. The van der Waals surface area contributed by atoms with Gasteiger partial charge < -0.3 is 10.1 Å². The summed E-state index contributed by atoms with van der Waals surface area (Å²) in [4.78, 5) is 0. The first-order chi connectivity index (χ1) is 11.2. The zero-order chi connectivity index (χ0) is 16.2. The molecule has 0 fully saturated rings. The summed E-state index contributed by atoms with van der Waals surface area (Å²) in [5.74, 6) is 0.892. The van der Waals surface area contributed by atoms with Gasteiger partial charge in [0, 0.05) is 12.1 Å². The highest BCUT2D eigenvalue weighted by Crippen LogP contribution is 2.26. The Kier molecular flexibility index (Phi) is 6.24. The summed E-state index contributed by atoms with van der Waals surface area (Å²) >= 11 is 0. The summed E-state index contributed by atoms with van der Waals surface area (Å²) in [5.41, 5.74) is 2.60. The van der Waals surface area contributed by atoms with Crippen LogP contribution in [0, 0.1) is 0 Å². The highest BCUT2D eigenvalue weighted by molar-refractivity contribution is 5.86. The molecular formula is C21H24ClNO. The second-order valence-corrected chi connectivity index (χ2v) is 5.95. The molecule has 0 amide bonds. The quantitative estimate of drug-likeness (QED) is 0.644. The maximum atomic E-state index is 5.23. The van der Waals surface area contributed by atoms with Crippen LogP contribution in [0.25, 0.3) is 10.8 Å². The third-order valence-corrected chi connectivity index (χ3v) is 4.41. The van der Waals surface area contributed by atoms with Crippen LogP contribution < -0.4 is 10.1 Å². The van der Waals surface area contributed by atoms with Crippen LogP contribution in [0.15, 0.2) is 66.7 Å². The lowest BCUT2D eigenvalue weighted by molar-refractivity contribution is 0.414. The van der Waals surface area contributed by atoms with Gasteiger partial charge in [0.25, 0.3) is 0 Å². The molecular weight excluding hydrogens is 318 g/mol. The van der Waals surface area contributed by atoms with Crippen molar-refractivity contribution in [2.75, 3.05) is 7.11 Å². The summed E-state index contributed by atoms with van der Waals surface area (Å²) < 4.78 is 5.23. The minimum absolute atomic E-state index is 0. The molecule has 0 aromatic heterocycles. The molecule has 1 N–H and O–H groups in total. The third-order valence-electron chi connectivity index (χ3n) is 4.41. The average Bonchev–Trinajstić information content (AvgIpc) is 2.61. The van der Waals surface area contributed by atoms with E-state index in [1.807, 2.05) is 12.1 Å². The van der Waals surface area contributed by atoms with Gasteiger partial charge in [0.2, 0.25) is 0 Å². The SMILES string of the molecule is COc1ccc([C@@H](C)N[C@H](C)c2cccc3ccccc23)cc1.Cl. The topological polar surface area (TPSA) is 21.3 Å². The number of hydrogen-bond acceptors (Lipinski definition) is 2. The van der Waals surface area contributed by atoms with Crippen LogP contribution in [0.5, 0.6) is 5.75 Å². The maximum Gasteiger partial charge on any atom is 0.118 e. The molecule has 0 saturated heterocycles. The van der Waals surface area contributed by atoms with Crippen molar-refractivity contribution < 1.29 is 4.74 Å². The van der Waals surface area contributed by atoms with E-state index in [1.165, 1.54) is 21.9 Å². The van der Waals surface area contributed by atoms with E-state index in [-0.39, 0.29) is 24.5 Å². The van der Waals surface area contributed by atoms with E-state index in [9.17, 15) is 0 Å². The fourth-order valence-corrected chi connectivity index (χ4v) is 3.08. The van der Waals surface area contributed by atoms with Crippen molar-refractivity contribution in [3.05, 3.63) is 77.9 Å². The Bertz CT molecular complexity index is 780. The number of nitrogens with one attached hydrogen (secondary N) is 1. The largest absolute Gasteiger partial charge is 0.497 e. The monoisotopic (exact) mass is 341 g/mol. The Balaban J connectivity index is 0.00000208. The van der Waals surface area contributed by atoms with Gasteiger partial charge >= 0.3 is 0 Å². The maximum absolute atomic E-state index is 5.23. The second-order valence-electron chi connectivity index (χ2n) is 5.95. The van der Waals surface area contributed by atoms with Crippen molar-refractivity contribution in [3.63, 3.8) is 0 Å². The number of fused-ring (bicyclic) bond motifs is 1. The predicted octanol–water partition coefficient (Wildman–Crippen LogP) is 5.68. The molecule has 3 heteroatoms. The average molecular weight is 342 g/mol. The van der Waals surface area contributed by atoms with Gasteiger partial charge in [-0.25, -0.2) is 0 Å². The molecule has 0 spiro atoms. The van der Waals surface area contributed by atoms with Gasteiger partial charge in [-0.15, -0.1) is 12.4 Å². The molecule has 0 aliphatic heterocycles. The Morgan fingerprint density at radius 2 is 1.46 bits per heavy atom. The van der Waals surface area contributed by atoms with Crippen molar-refractivity contribution >= 4 is 23.2 Å². The molecule has 126 valence electrons. The molecule has 2 atom stereocenters. The first-order valence-corrected chi connectivity index (χ1v) is 8.06. The van der Waals surface area contributed by atoms with Gasteiger partial charge in [0.1, 0.15) is 5.75 Å².